The molecule has 1 heterocycles. The Morgan fingerprint density at radius 1 is 1.08 bits per heavy atom. The minimum absolute atomic E-state index is 0.0731. The molecule has 37 heavy (non-hydrogen) atoms. The Balaban J connectivity index is 1.36. The Kier molecular flexibility index (Phi) is 8.47. The first kappa shape index (κ1) is 25.4. The van der Waals surface area contributed by atoms with E-state index in [1.165, 1.54) is 23.1 Å². The Bertz CT molecular complexity index is 1420. The number of carbonyl (C=O) groups excluding carboxylic acids is 1. The number of amides is 1. The minimum Gasteiger partial charge on any atom is -0.490 e. The number of aromatic nitrogens is 1. The summed E-state index contributed by atoms with van der Waals surface area (Å²) in [5, 5.41) is 18.8. The fourth-order valence-corrected chi connectivity index (χ4v) is 4.09. The number of anilines is 2. The molecule has 4 aromatic rings. The number of nitriles is 1. The van der Waals surface area contributed by atoms with Gasteiger partial charge in [-0.15, -0.1) is 11.3 Å². The van der Waals surface area contributed by atoms with Crippen LogP contribution in [0.5, 0.6) is 11.5 Å². The van der Waals surface area contributed by atoms with Gasteiger partial charge in [0.15, 0.2) is 23.2 Å². The molecule has 0 saturated carbocycles. The number of nitrogens with zero attached hydrogens (tertiary/aromatic N) is 3. The van der Waals surface area contributed by atoms with Crippen molar-refractivity contribution in [3.63, 3.8) is 0 Å². The van der Waals surface area contributed by atoms with Crippen LogP contribution in [0, 0.1) is 18.3 Å². The number of rotatable bonds is 10. The van der Waals surface area contributed by atoms with E-state index < -0.39 is 0 Å². The number of benzene rings is 3. The summed E-state index contributed by atoms with van der Waals surface area (Å²) < 4.78 is 10.9. The molecule has 1 amide bonds. The molecule has 2 N–H and O–H groups in total. The lowest BCUT2D eigenvalue weighted by Crippen LogP contribution is -2.17. The van der Waals surface area contributed by atoms with E-state index in [2.05, 4.69) is 27.8 Å². The zero-order chi connectivity index (χ0) is 26.0. The van der Waals surface area contributed by atoms with Crippen LogP contribution in [0.15, 0.2) is 77.2 Å². The van der Waals surface area contributed by atoms with Crippen LogP contribution in [-0.4, -0.2) is 30.3 Å². The van der Waals surface area contributed by atoms with E-state index in [-0.39, 0.29) is 12.5 Å². The van der Waals surface area contributed by atoms with Crippen molar-refractivity contribution >= 4 is 34.3 Å². The van der Waals surface area contributed by atoms with Gasteiger partial charge in [-0.25, -0.2) is 10.4 Å². The molecular weight excluding hydrogens is 486 g/mol. The van der Waals surface area contributed by atoms with E-state index in [1.54, 1.807) is 30.3 Å². The Morgan fingerprint density at radius 3 is 2.59 bits per heavy atom. The maximum Gasteiger partial charge on any atom is 0.271 e. The molecule has 3 aromatic carbocycles. The van der Waals surface area contributed by atoms with E-state index in [0.717, 1.165) is 22.1 Å². The largest absolute Gasteiger partial charge is 0.490 e. The van der Waals surface area contributed by atoms with Gasteiger partial charge in [-0.2, -0.15) is 10.4 Å². The highest BCUT2D eigenvalue weighted by molar-refractivity contribution is 7.14. The van der Waals surface area contributed by atoms with Gasteiger partial charge in [0.25, 0.3) is 5.91 Å². The van der Waals surface area contributed by atoms with Crippen molar-refractivity contribution < 1.29 is 14.3 Å². The molecule has 9 heteroatoms. The average Bonchev–Trinajstić information content (AvgIpc) is 3.38. The number of aryl methyl sites for hydroxylation is 1. The van der Waals surface area contributed by atoms with Crippen LogP contribution in [-0.2, 0) is 0 Å². The van der Waals surface area contributed by atoms with E-state index in [0.29, 0.717) is 29.2 Å². The molecule has 0 atom stereocenters. The molecule has 4 rings (SSSR count). The molecule has 0 spiro atoms. The number of hydrogen-bond acceptors (Lipinski definition) is 8. The number of thiazole rings is 1. The van der Waals surface area contributed by atoms with E-state index >= 15 is 0 Å². The van der Waals surface area contributed by atoms with Crippen LogP contribution in [0.4, 0.5) is 10.8 Å². The second-order valence-electron chi connectivity index (χ2n) is 7.89. The zero-order valence-corrected chi connectivity index (χ0v) is 21.2. The lowest BCUT2D eigenvalue weighted by Gasteiger charge is -2.10. The number of hydrazone groups is 1. The van der Waals surface area contributed by atoms with Gasteiger partial charge in [0.05, 0.1) is 18.5 Å². The van der Waals surface area contributed by atoms with Crippen molar-refractivity contribution in [2.45, 2.75) is 13.8 Å². The minimum atomic E-state index is -0.332. The third kappa shape index (κ3) is 6.93. The topological polar surface area (TPSA) is 109 Å². The number of carbonyl (C=O) groups is 1. The average molecular weight is 512 g/mol. The summed E-state index contributed by atoms with van der Waals surface area (Å²) in [5.74, 6) is 0.646. The molecule has 0 unspecified atom stereocenters. The summed E-state index contributed by atoms with van der Waals surface area (Å²) in [6, 6.07) is 22.4. The second kappa shape index (κ2) is 12.3. The van der Waals surface area contributed by atoms with E-state index in [9.17, 15) is 4.79 Å². The van der Waals surface area contributed by atoms with Gasteiger partial charge in [-0.1, -0.05) is 29.8 Å². The van der Waals surface area contributed by atoms with Gasteiger partial charge in [0, 0.05) is 22.2 Å². The van der Waals surface area contributed by atoms with E-state index in [1.807, 2.05) is 54.8 Å². The van der Waals surface area contributed by atoms with Gasteiger partial charge in [0.2, 0.25) is 0 Å². The summed E-state index contributed by atoms with van der Waals surface area (Å²) in [6.45, 7) is 4.28. The predicted molar refractivity (Wildman–Crippen MR) is 146 cm³/mol. The molecule has 0 aliphatic rings. The second-order valence-corrected chi connectivity index (χ2v) is 8.75. The first-order valence-corrected chi connectivity index (χ1v) is 12.4. The van der Waals surface area contributed by atoms with Crippen LogP contribution in [0.3, 0.4) is 0 Å². The molecule has 0 aliphatic heterocycles. The number of ether oxygens (including phenoxy) is 2. The lowest BCUT2D eigenvalue weighted by molar-refractivity contribution is 0.0955. The summed E-state index contributed by atoms with van der Waals surface area (Å²) in [7, 11) is 0. The van der Waals surface area contributed by atoms with Crippen molar-refractivity contribution in [2.24, 2.45) is 5.10 Å². The van der Waals surface area contributed by atoms with Crippen LogP contribution in [0.1, 0.15) is 28.4 Å². The van der Waals surface area contributed by atoms with Gasteiger partial charge in [0.1, 0.15) is 6.07 Å². The number of nitrogens with one attached hydrogen (secondary N) is 2. The van der Waals surface area contributed by atoms with Crippen LogP contribution >= 0.6 is 11.3 Å². The summed E-state index contributed by atoms with van der Waals surface area (Å²) in [6.07, 6.45) is 1.51. The third-order valence-electron chi connectivity index (χ3n) is 5.19. The van der Waals surface area contributed by atoms with Crippen molar-refractivity contribution in [1.29, 1.82) is 5.26 Å². The molecule has 0 aliphatic carbocycles. The summed E-state index contributed by atoms with van der Waals surface area (Å²) >= 11 is 1.52. The molecule has 0 fully saturated rings. The van der Waals surface area contributed by atoms with Crippen LogP contribution in [0.2, 0.25) is 0 Å². The Morgan fingerprint density at radius 2 is 1.86 bits per heavy atom. The standard InChI is InChI=1S/C28H25N5O3S/c1-3-35-26-16-20(6-13-25(26)36-15-14-29)17-30-33-27(34)22-9-7-21(8-10-22)24-18-37-28(32-24)31-23-11-4-19(2)5-12-23/h4-13,16-18H,3,15H2,1-2H3,(H,31,32)(H,33,34)/b30-17-. The summed E-state index contributed by atoms with van der Waals surface area (Å²) in [5.41, 5.74) is 7.65. The molecule has 0 bridgehead atoms. The molecule has 0 saturated heterocycles. The monoisotopic (exact) mass is 511 g/mol. The Hall–Kier alpha value is -4.68. The molecule has 1 aromatic heterocycles. The molecular formula is C28H25N5O3S. The highest BCUT2D eigenvalue weighted by atomic mass is 32.1. The molecule has 186 valence electrons. The predicted octanol–water partition coefficient (Wildman–Crippen LogP) is 5.93. The van der Waals surface area contributed by atoms with Gasteiger partial charge in [-0.3, -0.25) is 4.79 Å². The maximum atomic E-state index is 12.5. The van der Waals surface area contributed by atoms with Crippen molar-refractivity contribution in [2.75, 3.05) is 18.5 Å². The van der Waals surface area contributed by atoms with Gasteiger partial charge < -0.3 is 14.8 Å². The highest BCUT2D eigenvalue weighted by Crippen LogP contribution is 2.29. The fourth-order valence-electron chi connectivity index (χ4n) is 3.35. The van der Waals surface area contributed by atoms with Gasteiger partial charge >= 0.3 is 0 Å². The van der Waals surface area contributed by atoms with E-state index in [4.69, 9.17) is 14.7 Å². The smallest absolute Gasteiger partial charge is 0.271 e. The Labute approximate surface area is 219 Å². The maximum absolute atomic E-state index is 12.5. The third-order valence-corrected chi connectivity index (χ3v) is 5.95. The zero-order valence-electron chi connectivity index (χ0n) is 20.4. The summed E-state index contributed by atoms with van der Waals surface area (Å²) in [4.78, 5) is 17.2. The highest BCUT2D eigenvalue weighted by Gasteiger charge is 2.09. The number of hydrogen-bond donors (Lipinski definition) is 2. The van der Waals surface area contributed by atoms with Gasteiger partial charge in [-0.05, 0) is 61.9 Å². The first-order chi connectivity index (χ1) is 18.1. The van der Waals surface area contributed by atoms with Crippen LogP contribution in [0.25, 0.3) is 11.3 Å². The lowest BCUT2D eigenvalue weighted by atomic mass is 10.1. The van der Waals surface area contributed by atoms with Crippen molar-refractivity contribution in [3.8, 4) is 28.8 Å². The van der Waals surface area contributed by atoms with Crippen LogP contribution < -0.4 is 20.2 Å². The SMILES string of the molecule is CCOc1cc(/C=N\NC(=O)c2ccc(-c3csc(Nc4ccc(C)cc4)n3)cc2)ccc1OCC#N. The first-order valence-electron chi connectivity index (χ1n) is 11.6. The fraction of sp³-hybridized carbons (Fsp3) is 0.143. The normalized spacial score (nSPS) is 10.6. The molecule has 0 radical (unpaired) electrons. The molecule has 8 nitrogen and oxygen atoms in total. The van der Waals surface area contributed by atoms with Crippen molar-refractivity contribution in [1.82, 2.24) is 10.4 Å². The quantitative estimate of drug-likeness (QED) is 0.202. The van der Waals surface area contributed by atoms with Crippen molar-refractivity contribution in [3.05, 3.63) is 88.8 Å².